The summed E-state index contributed by atoms with van der Waals surface area (Å²) in [5, 5.41) is 3.33. The Hall–Kier alpha value is -0.580. The summed E-state index contributed by atoms with van der Waals surface area (Å²) in [6, 6.07) is -0.394. The van der Waals surface area contributed by atoms with Gasteiger partial charge in [-0.1, -0.05) is 15.9 Å². The molecule has 5 heteroatoms. The molecular weight excluding hydrogens is 260 g/mol. The molecule has 0 aromatic heterocycles. The maximum atomic E-state index is 11.8. The zero-order valence-electron chi connectivity index (χ0n) is 8.96. The fraction of sp³-hybridized carbons (Fsp3) is 0.800. The van der Waals surface area contributed by atoms with Crippen LogP contribution in [0.4, 0.5) is 0 Å². The predicted molar refractivity (Wildman–Crippen MR) is 61.8 cm³/mol. The lowest BCUT2D eigenvalue weighted by Gasteiger charge is -2.20. The standard InChI is InChI=1S/C10H17BrN2O2/c1-8(12-9(14)4-5-11)10(15)13-6-2-3-7-13/h8H,2-7H2,1H3,(H,12,14). The van der Waals surface area contributed by atoms with Crippen molar-refractivity contribution < 1.29 is 9.59 Å². The van der Waals surface area contributed by atoms with E-state index in [9.17, 15) is 9.59 Å². The highest BCUT2D eigenvalue weighted by atomic mass is 79.9. The Bertz CT molecular complexity index is 240. The topological polar surface area (TPSA) is 49.4 Å². The van der Waals surface area contributed by atoms with Crippen molar-refractivity contribution in [2.24, 2.45) is 0 Å². The molecule has 0 radical (unpaired) electrons. The second-order valence-corrected chi connectivity index (χ2v) is 4.55. The molecule has 1 heterocycles. The van der Waals surface area contributed by atoms with Crippen molar-refractivity contribution in [3.8, 4) is 0 Å². The van der Waals surface area contributed by atoms with Gasteiger partial charge in [-0.05, 0) is 19.8 Å². The lowest BCUT2D eigenvalue weighted by molar-refractivity contribution is -0.135. The lowest BCUT2D eigenvalue weighted by atomic mass is 10.3. The lowest BCUT2D eigenvalue weighted by Crippen LogP contribution is -2.45. The van der Waals surface area contributed by atoms with E-state index >= 15 is 0 Å². The Morgan fingerprint density at radius 1 is 1.40 bits per heavy atom. The zero-order valence-corrected chi connectivity index (χ0v) is 10.5. The molecule has 1 atom stereocenters. The summed E-state index contributed by atoms with van der Waals surface area (Å²) < 4.78 is 0. The molecule has 0 saturated carbocycles. The van der Waals surface area contributed by atoms with Gasteiger partial charge in [-0.2, -0.15) is 0 Å². The van der Waals surface area contributed by atoms with Crippen LogP contribution in [0.25, 0.3) is 0 Å². The summed E-state index contributed by atoms with van der Waals surface area (Å²) in [5.74, 6) is -0.0395. The van der Waals surface area contributed by atoms with E-state index in [1.807, 2.05) is 4.90 Å². The van der Waals surface area contributed by atoms with E-state index in [0.29, 0.717) is 11.8 Å². The molecule has 1 rings (SSSR count). The molecule has 0 aliphatic carbocycles. The van der Waals surface area contributed by atoms with Crippen LogP contribution in [0.15, 0.2) is 0 Å². The van der Waals surface area contributed by atoms with Crippen LogP contribution in [-0.4, -0.2) is 41.2 Å². The predicted octanol–water partition coefficient (Wildman–Crippen LogP) is 0.898. The Balaban J connectivity index is 2.35. The minimum atomic E-state index is -0.394. The molecule has 1 aliphatic heterocycles. The summed E-state index contributed by atoms with van der Waals surface area (Å²) in [6.07, 6.45) is 2.57. The van der Waals surface area contributed by atoms with Gasteiger partial charge in [-0.3, -0.25) is 9.59 Å². The van der Waals surface area contributed by atoms with Crippen molar-refractivity contribution in [3.63, 3.8) is 0 Å². The van der Waals surface area contributed by atoms with E-state index in [4.69, 9.17) is 0 Å². The van der Waals surface area contributed by atoms with Crippen LogP contribution < -0.4 is 5.32 Å². The number of hydrogen-bond donors (Lipinski definition) is 1. The maximum absolute atomic E-state index is 11.8. The third kappa shape index (κ3) is 3.81. The van der Waals surface area contributed by atoms with E-state index in [0.717, 1.165) is 25.9 Å². The molecule has 0 spiro atoms. The monoisotopic (exact) mass is 276 g/mol. The molecule has 15 heavy (non-hydrogen) atoms. The molecule has 0 aromatic carbocycles. The molecule has 1 aliphatic rings. The molecule has 1 fully saturated rings. The van der Waals surface area contributed by atoms with Gasteiger partial charge in [0.05, 0.1) is 0 Å². The third-order valence-electron chi connectivity index (χ3n) is 2.49. The Labute approximate surface area is 98.5 Å². The van der Waals surface area contributed by atoms with Gasteiger partial charge in [0.2, 0.25) is 11.8 Å². The maximum Gasteiger partial charge on any atom is 0.244 e. The van der Waals surface area contributed by atoms with Crippen molar-refractivity contribution in [2.45, 2.75) is 32.2 Å². The number of alkyl halides is 1. The first-order valence-corrected chi connectivity index (χ1v) is 6.41. The van der Waals surface area contributed by atoms with Crippen molar-refractivity contribution in [3.05, 3.63) is 0 Å². The molecule has 86 valence electrons. The number of nitrogens with one attached hydrogen (secondary N) is 1. The first kappa shape index (κ1) is 12.5. The van der Waals surface area contributed by atoms with E-state index in [-0.39, 0.29) is 11.8 Å². The van der Waals surface area contributed by atoms with E-state index < -0.39 is 6.04 Å². The van der Waals surface area contributed by atoms with Crippen LogP contribution in [-0.2, 0) is 9.59 Å². The highest BCUT2D eigenvalue weighted by Gasteiger charge is 2.23. The largest absolute Gasteiger partial charge is 0.345 e. The summed E-state index contributed by atoms with van der Waals surface area (Å²) >= 11 is 3.19. The average molecular weight is 277 g/mol. The van der Waals surface area contributed by atoms with Gasteiger partial charge >= 0.3 is 0 Å². The summed E-state index contributed by atoms with van der Waals surface area (Å²) in [4.78, 5) is 24.9. The zero-order chi connectivity index (χ0) is 11.3. The minimum absolute atomic E-state index is 0.0374. The first-order valence-electron chi connectivity index (χ1n) is 5.29. The normalized spacial score (nSPS) is 17.6. The Morgan fingerprint density at radius 2 is 2.00 bits per heavy atom. The molecule has 1 N–H and O–H groups in total. The highest BCUT2D eigenvalue weighted by molar-refractivity contribution is 9.09. The number of likely N-dealkylation sites (tertiary alicyclic amines) is 1. The number of rotatable bonds is 4. The molecule has 1 saturated heterocycles. The number of carbonyl (C=O) groups is 2. The van der Waals surface area contributed by atoms with Gasteiger partial charge in [0.25, 0.3) is 0 Å². The van der Waals surface area contributed by atoms with Crippen LogP contribution in [0, 0.1) is 0 Å². The van der Waals surface area contributed by atoms with Crippen LogP contribution in [0.1, 0.15) is 26.2 Å². The number of nitrogens with zero attached hydrogens (tertiary/aromatic N) is 1. The molecule has 4 nitrogen and oxygen atoms in total. The quantitative estimate of drug-likeness (QED) is 0.776. The van der Waals surface area contributed by atoms with Crippen molar-refractivity contribution in [2.75, 3.05) is 18.4 Å². The third-order valence-corrected chi connectivity index (χ3v) is 2.88. The van der Waals surface area contributed by atoms with Crippen LogP contribution in [0.3, 0.4) is 0 Å². The first-order chi connectivity index (χ1) is 7.15. The van der Waals surface area contributed by atoms with E-state index in [1.165, 1.54) is 0 Å². The SMILES string of the molecule is CC(NC(=O)CCBr)C(=O)N1CCCC1. The second kappa shape index (κ2) is 6.10. The van der Waals surface area contributed by atoms with Gasteiger partial charge in [0.15, 0.2) is 0 Å². The molecule has 2 amide bonds. The van der Waals surface area contributed by atoms with Crippen LogP contribution in [0.2, 0.25) is 0 Å². The second-order valence-electron chi connectivity index (χ2n) is 3.76. The van der Waals surface area contributed by atoms with Crippen molar-refractivity contribution in [1.29, 1.82) is 0 Å². The molecule has 1 unspecified atom stereocenters. The number of amides is 2. The fourth-order valence-corrected chi connectivity index (χ4v) is 2.03. The summed E-state index contributed by atoms with van der Waals surface area (Å²) in [5.41, 5.74) is 0. The van der Waals surface area contributed by atoms with Crippen LogP contribution in [0.5, 0.6) is 0 Å². The summed E-state index contributed by atoms with van der Waals surface area (Å²) in [7, 11) is 0. The summed E-state index contributed by atoms with van der Waals surface area (Å²) in [6.45, 7) is 3.40. The van der Waals surface area contributed by atoms with Gasteiger partial charge in [-0.25, -0.2) is 0 Å². The molecule has 0 aromatic rings. The van der Waals surface area contributed by atoms with Crippen molar-refractivity contribution >= 4 is 27.7 Å². The van der Waals surface area contributed by atoms with Gasteiger partial charge in [0, 0.05) is 24.8 Å². The average Bonchev–Trinajstić information content (AvgIpc) is 2.69. The van der Waals surface area contributed by atoms with Gasteiger partial charge in [-0.15, -0.1) is 0 Å². The number of halogens is 1. The van der Waals surface area contributed by atoms with Crippen LogP contribution >= 0.6 is 15.9 Å². The van der Waals surface area contributed by atoms with Crippen molar-refractivity contribution in [1.82, 2.24) is 10.2 Å². The van der Waals surface area contributed by atoms with Gasteiger partial charge < -0.3 is 10.2 Å². The van der Waals surface area contributed by atoms with E-state index in [1.54, 1.807) is 6.92 Å². The molecular formula is C10H17BrN2O2. The number of hydrogen-bond acceptors (Lipinski definition) is 2. The Morgan fingerprint density at radius 3 is 2.53 bits per heavy atom. The Kier molecular flexibility index (Phi) is 5.08. The van der Waals surface area contributed by atoms with Gasteiger partial charge in [0.1, 0.15) is 6.04 Å². The fourth-order valence-electron chi connectivity index (χ4n) is 1.67. The highest BCUT2D eigenvalue weighted by Crippen LogP contribution is 2.08. The minimum Gasteiger partial charge on any atom is -0.345 e. The number of carbonyl (C=O) groups excluding carboxylic acids is 2. The smallest absolute Gasteiger partial charge is 0.244 e. The van der Waals surface area contributed by atoms with E-state index in [2.05, 4.69) is 21.2 Å². The molecule has 0 bridgehead atoms.